The first kappa shape index (κ1) is 12.3. The van der Waals surface area contributed by atoms with Crippen LogP contribution in [-0.4, -0.2) is 21.4 Å². The molecule has 1 aromatic carbocycles. The third-order valence-corrected chi connectivity index (χ3v) is 3.16. The predicted molar refractivity (Wildman–Crippen MR) is 65.0 cm³/mol. The van der Waals surface area contributed by atoms with Crippen molar-refractivity contribution in [1.29, 1.82) is 0 Å². The van der Waals surface area contributed by atoms with Gasteiger partial charge in [0, 0.05) is 5.92 Å². The van der Waals surface area contributed by atoms with Crippen LogP contribution in [0.3, 0.4) is 0 Å². The lowest BCUT2D eigenvalue weighted by Gasteiger charge is -2.09. The summed E-state index contributed by atoms with van der Waals surface area (Å²) >= 11 is 6.01. The van der Waals surface area contributed by atoms with Gasteiger partial charge in [-0.2, -0.15) is 8.78 Å². The van der Waals surface area contributed by atoms with E-state index >= 15 is 0 Å². The second-order valence-electron chi connectivity index (χ2n) is 4.31. The maximum Gasteiger partial charge on any atom is 0.387 e. The molecule has 0 radical (unpaired) electrons. The number of aromatic nitrogens is 3. The molecule has 0 atom stereocenters. The average Bonchev–Trinajstić information content (AvgIpc) is 3.14. The molecule has 1 fully saturated rings. The number of alkyl halides is 2. The lowest BCUT2D eigenvalue weighted by atomic mass is 10.3. The molecule has 0 N–H and O–H groups in total. The summed E-state index contributed by atoms with van der Waals surface area (Å²) in [6.45, 7) is -2.83. The number of hydrogen-bond acceptors (Lipinski definition) is 3. The molecule has 1 aromatic heterocycles. The highest BCUT2D eigenvalue weighted by molar-refractivity contribution is 6.28. The van der Waals surface area contributed by atoms with E-state index in [0.29, 0.717) is 5.92 Å². The van der Waals surface area contributed by atoms with Crippen molar-refractivity contribution in [2.45, 2.75) is 25.4 Å². The molecule has 4 nitrogen and oxygen atoms in total. The van der Waals surface area contributed by atoms with E-state index in [4.69, 9.17) is 11.6 Å². The highest BCUT2D eigenvalue weighted by Crippen LogP contribution is 2.40. The average molecular weight is 286 g/mol. The van der Waals surface area contributed by atoms with Gasteiger partial charge in [-0.25, -0.2) is 0 Å². The second kappa shape index (κ2) is 4.77. The molecule has 100 valence electrons. The van der Waals surface area contributed by atoms with Gasteiger partial charge >= 0.3 is 6.61 Å². The predicted octanol–water partition coefficient (Wildman–Crippen LogP) is 3.40. The minimum absolute atomic E-state index is 0.107. The monoisotopic (exact) mass is 285 g/mol. The van der Waals surface area contributed by atoms with E-state index in [-0.39, 0.29) is 11.0 Å². The minimum Gasteiger partial charge on any atom is -0.435 e. The fourth-order valence-corrected chi connectivity index (χ4v) is 2.12. The molecule has 7 heteroatoms. The summed E-state index contributed by atoms with van der Waals surface area (Å²) < 4.78 is 30.2. The van der Waals surface area contributed by atoms with Crippen LogP contribution in [0.5, 0.6) is 5.75 Å². The van der Waals surface area contributed by atoms with Crippen molar-refractivity contribution in [2.24, 2.45) is 0 Å². The van der Waals surface area contributed by atoms with Gasteiger partial charge in [0.25, 0.3) is 0 Å². The molecule has 0 unspecified atom stereocenters. The molecule has 0 spiro atoms. The van der Waals surface area contributed by atoms with Gasteiger partial charge in [0.15, 0.2) is 0 Å². The van der Waals surface area contributed by atoms with Crippen LogP contribution in [0.15, 0.2) is 24.3 Å². The summed E-state index contributed by atoms with van der Waals surface area (Å²) in [6.07, 6.45) is 2.14. The molecule has 19 heavy (non-hydrogen) atoms. The van der Waals surface area contributed by atoms with Crippen LogP contribution >= 0.6 is 11.6 Å². The van der Waals surface area contributed by atoms with Crippen molar-refractivity contribution < 1.29 is 13.5 Å². The van der Waals surface area contributed by atoms with Crippen molar-refractivity contribution in [2.75, 3.05) is 0 Å². The number of benzene rings is 1. The number of hydrogen-bond donors (Lipinski definition) is 0. The summed E-state index contributed by atoms with van der Waals surface area (Å²) in [5, 5.41) is 8.17. The van der Waals surface area contributed by atoms with E-state index in [0.717, 1.165) is 24.4 Å². The van der Waals surface area contributed by atoms with Gasteiger partial charge in [-0.05, 0) is 48.7 Å². The molecule has 1 heterocycles. The van der Waals surface area contributed by atoms with Crippen molar-refractivity contribution in [3.8, 4) is 11.4 Å². The second-order valence-corrected chi connectivity index (χ2v) is 4.65. The molecular weight excluding hydrogens is 276 g/mol. The Morgan fingerprint density at radius 1 is 1.21 bits per heavy atom. The fraction of sp³-hybridized carbons (Fsp3) is 0.333. The first-order valence-electron chi connectivity index (χ1n) is 5.81. The summed E-state index contributed by atoms with van der Waals surface area (Å²) in [5.41, 5.74) is 0.735. The molecule has 0 aliphatic heterocycles. The van der Waals surface area contributed by atoms with Gasteiger partial charge in [-0.3, -0.25) is 4.57 Å². The van der Waals surface area contributed by atoms with Gasteiger partial charge in [0.1, 0.15) is 11.6 Å². The molecule has 0 amide bonds. The number of halogens is 3. The molecule has 0 bridgehead atoms. The fourth-order valence-electron chi connectivity index (χ4n) is 1.90. The zero-order chi connectivity index (χ0) is 13.4. The molecule has 1 aliphatic rings. The molecule has 0 saturated heterocycles. The quantitative estimate of drug-likeness (QED) is 0.864. The SMILES string of the molecule is FC(F)Oc1ccc(-n2c(Cl)nnc2C2CC2)cc1. The molecule has 2 aromatic rings. The maximum atomic E-state index is 12.1. The van der Waals surface area contributed by atoms with Crippen molar-refractivity contribution in [3.05, 3.63) is 35.4 Å². The molecular formula is C12H10ClF2N3O. The highest BCUT2D eigenvalue weighted by Gasteiger charge is 2.30. The topological polar surface area (TPSA) is 39.9 Å². The summed E-state index contributed by atoms with van der Waals surface area (Å²) in [5.74, 6) is 1.31. The van der Waals surface area contributed by atoms with Gasteiger partial charge in [0.05, 0.1) is 5.69 Å². The van der Waals surface area contributed by atoms with E-state index in [2.05, 4.69) is 14.9 Å². The first-order valence-corrected chi connectivity index (χ1v) is 6.19. The Labute approximate surface area is 113 Å². The Morgan fingerprint density at radius 2 is 1.89 bits per heavy atom. The zero-order valence-corrected chi connectivity index (χ0v) is 10.5. The van der Waals surface area contributed by atoms with Crippen LogP contribution in [0.1, 0.15) is 24.6 Å². The standard InChI is InChI=1S/C12H10ClF2N3O/c13-11-17-16-10(7-1-2-7)18(11)8-3-5-9(6-4-8)19-12(14)15/h3-7,12H,1-2H2. The number of nitrogens with zero attached hydrogens (tertiary/aromatic N) is 3. The molecule has 3 rings (SSSR count). The molecule has 1 aliphatic carbocycles. The Balaban J connectivity index is 1.91. The van der Waals surface area contributed by atoms with Crippen LogP contribution in [0, 0.1) is 0 Å². The summed E-state index contributed by atoms with van der Waals surface area (Å²) in [6, 6.07) is 6.24. The van der Waals surface area contributed by atoms with Crippen LogP contribution in [0.4, 0.5) is 8.78 Å². The van der Waals surface area contributed by atoms with Crippen molar-refractivity contribution in [1.82, 2.24) is 14.8 Å². The van der Waals surface area contributed by atoms with Crippen LogP contribution < -0.4 is 4.74 Å². The lowest BCUT2D eigenvalue weighted by Crippen LogP contribution is -2.03. The smallest absolute Gasteiger partial charge is 0.387 e. The van der Waals surface area contributed by atoms with Crippen molar-refractivity contribution >= 4 is 11.6 Å². The third kappa shape index (κ3) is 2.53. The Morgan fingerprint density at radius 3 is 2.47 bits per heavy atom. The zero-order valence-electron chi connectivity index (χ0n) is 9.76. The van der Waals surface area contributed by atoms with E-state index in [1.807, 2.05) is 0 Å². The van der Waals surface area contributed by atoms with Gasteiger partial charge in [0.2, 0.25) is 5.28 Å². The first-order chi connectivity index (χ1) is 9.15. The Bertz CT molecular complexity index is 581. The van der Waals surface area contributed by atoms with Gasteiger partial charge in [-0.15, -0.1) is 10.2 Å². The largest absolute Gasteiger partial charge is 0.435 e. The van der Waals surface area contributed by atoms with E-state index in [9.17, 15) is 8.78 Å². The Kier molecular flexibility index (Phi) is 3.10. The van der Waals surface area contributed by atoms with E-state index in [1.54, 1.807) is 16.7 Å². The lowest BCUT2D eigenvalue weighted by molar-refractivity contribution is -0.0498. The Hall–Kier alpha value is -1.69. The van der Waals surface area contributed by atoms with Gasteiger partial charge in [-0.1, -0.05) is 0 Å². The van der Waals surface area contributed by atoms with Crippen LogP contribution in [0.2, 0.25) is 5.28 Å². The van der Waals surface area contributed by atoms with E-state index in [1.165, 1.54) is 12.1 Å². The summed E-state index contributed by atoms with van der Waals surface area (Å²) in [4.78, 5) is 0. The number of ether oxygens (including phenoxy) is 1. The number of rotatable bonds is 4. The maximum absolute atomic E-state index is 12.1. The molecule has 1 saturated carbocycles. The van der Waals surface area contributed by atoms with Crippen LogP contribution in [0.25, 0.3) is 5.69 Å². The highest BCUT2D eigenvalue weighted by atomic mass is 35.5. The van der Waals surface area contributed by atoms with Crippen LogP contribution in [-0.2, 0) is 0 Å². The van der Waals surface area contributed by atoms with Crippen molar-refractivity contribution in [3.63, 3.8) is 0 Å². The normalized spacial score (nSPS) is 14.9. The third-order valence-electron chi connectivity index (χ3n) is 2.91. The van der Waals surface area contributed by atoms with E-state index < -0.39 is 6.61 Å². The minimum atomic E-state index is -2.83. The summed E-state index contributed by atoms with van der Waals surface area (Å²) in [7, 11) is 0. The van der Waals surface area contributed by atoms with Gasteiger partial charge < -0.3 is 4.74 Å².